The Hall–Kier alpha value is -2.37. The van der Waals surface area contributed by atoms with Crippen LogP contribution in [0.1, 0.15) is 18.5 Å². The number of hydrogen-bond donors (Lipinski definition) is 1. The Morgan fingerprint density at radius 1 is 1.45 bits per heavy atom. The molecule has 2 heterocycles. The molecular weight excluding hydrogens is 258 g/mol. The molecule has 1 unspecified atom stereocenters. The van der Waals surface area contributed by atoms with Crippen LogP contribution in [0.25, 0.3) is 10.9 Å². The number of benzene rings is 1. The first kappa shape index (κ1) is 12.7. The average molecular weight is 273 g/mol. The number of fused-ring (bicyclic) bond motifs is 1. The zero-order valence-electron chi connectivity index (χ0n) is 11.1. The summed E-state index contributed by atoms with van der Waals surface area (Å²) >= 11 is 0. The smallest absolute Gasteiger partial charge is 0.326 e. The van der Waals surface area contributed by atoms with Crippen LogP contribution < -0.4 is 0 Å². The van der Waals surface area contributed by atoms with Crippen LogP contribution in [0.5, 0.6) is 0 Å². The van der Waals surface area contributed by atoms with Crippen LogP contribution in [-0.4, -0.2) is 37.7 Å². The summed E-state index contributed by atoms with van der Waals surface area (Å²) < 4.78 is 1.75. The van der Waals surface area contributed by atoms with Gasteiger partial charge in [0.25, 0.3) is 0 Å². The quantitative estimate of drug-likeness (QED) is 0.910. The number of likely N-dealkylation sites (tertiary alicyclic amines) is 1. The summed E-state index contributed by atoms with van der Waals surface area (Å²) in [5, 5.41) is 14.5. The molecule has 1 aromatic heterocycles. The molecule has 1 saturated heterocycles. The van der Waals surface area contributed by atoms with Gasteiger partial charge in [0.1, 0.15) is 6.04 Å². The van der Waals surface area contributed by atoms with Gasteiger partial charge in [-0.2, -0.15) is 5.10 Å². The maximum Gasteiger partial charge on any atom is 0.326 e. The van der Waals surface area contributed by atoms with Gasteiger partial charge in [0.2, 0.25) is 5.91 Å². The van der Waals surface area contributed by atoms with Crippen LogP contribution in [0.4, 0.5) is 0 Å². The molecule has 0 aliphatic carbocycles. The van der Waals surface area contributed by atoms with Crippen molar-refractivity contribution in [2.24, 2.45) is 7.05 Å². The molecule has 1 aliphatic rings. The monoisotopic (exact) mass is 273 g/mol. The van der Waals surface area contributed by atoms with Gasteiger partial charge < -0.3 is 10.0 Å². The van der Waals surface area contributed by atoms with Crippen molar-refractivity contribution < 1.29 is 14.7 Å². The molecular formula is C14H15N3O3. The van der Waals surface area contributed by atoms with Crippen molar-refractivity contribution in [1.82, 2.24) is 14.7 Å². The van der Waals surface area contributed by atoms with E-state index in [1.807, 2.05) is 31.3 Å². The largest absolute Gasteiger partial charge is 0.480 e. The number of carbonyl (C=O) groups is 2. The molecule has 0 saturated carbocycles. The van der Waals surface area contributed by atoms with Crippen molar-refractivity contribution in [3.8, 4) is 0 Å². The van der Waals surface area contributed by atoms with E-state index in [1.165, 1.54) is 4.90 Å². The Bertz CT molecular complexity index is 692. The lowest BCUT2D eigenvalue weighted by atomic mass is 10.2. The third-order valence-electron chi connectivity index (χ3n) is 3.77. The summed E-state index contributed by atoms with van der Waals surface area (Å²) in [7, 11) is 1.84. The molecule has 1 aromatic carbocycles. The lowest BCUT2D eigenvalue weighted by Crippen LogP contribution is -2.38. The molecule has 2 aromatic rings. The average Bonchev–Trinajstić information content (AvgIpc) is 2.94. The fraction of sp³-hybridized carbons (Fsp3) is 0.357. The van der Waals surface area contributed by atoms with E-state index in [0.29, 0.717) is 12.8 Å². The van der Waals surface area contributed by atoms with E-state index in [2.05, 4.69) is 5.10 Å². The second kappa shape index (κ2) is 4.63. The second-order valence-electron chi connectivity index (χ2n) is 5.00. The van der Waals surface area contributed by atoms with E-state index in [9.17, 15) is 14.7 Å². The van der Waals surface area contributed by atoms with E-state index in [-0.39, 0.29) is 12.5 Å². The molecule has 1 N–H and O–H groups in total. The summed E-state index contributed by atoms with van der Waals surface area (Å²) in [5.74, 6) is -1.07. The van der Waals surface area contributed by atoms with E-state index in [0.717, 1.165) is 16.6 Å². The molecule has 0 spiro atoms. The number of carboxylic acid groups (broad SMARTS) is 1. The van der Waals surface area contributed by atoms with Gasteiger partial charge >= 0.3 is 5.97 Å². The number of aliphatic carboxylic acids is 1. The lowest BCUT2D eigenvalue weighted by molar-refractivity contribution is -0.146. The minimum absolute atomic E-state index is 0.118. The number of rotatable bonds is 3. The Balaban J connectivity index is 1.96. The maximum absolute atomic E-state index is 11.9. The molecule has 1 amide bonds. The molecule has 0 radical (unpaired) electrons. The first-order chi connectivity index (χ1) is 9.58. The molecule has 104 valence electrons. The van der Waals surface area contributed by atoms with Crippen molar-refractivity contribution in [2.45, 2.75) is 25.4 Å². The van der Waals surface area contributed by atoms with Crippen molar-refractivity contribution >= 4 is 22.8 Å². The van der Waals surface area contributed by atoms with Crippen LogP contribution in [0.2, 0.25) is 0 Å². The molecule has 1 aliphatic heterocycles. The first-order valence-electron chi connectivity index (χ1n) is 6.51. The number of aromatic nitrogens is 2. The Labute approximate surface area is 115 Å². The predicted octanol–water partition coefficient (Wildman–Crippen LogP) is 1.15. The molecule has 20 heavy (non-hydrogen) atoms. The third-order valence-corrected chi connectivity index (χ3v) is 3.77. The summed E-state index contributed by atoms with van der Waals surface area (Å²) in [6, 6.07) is 6.99. The third kappa shape index (κ3) is 1.93. The lowest BCUT2D eigenvalue weighted by Gasteiger charge is -2.20. The highest BCUT2D eigenvalue weighted by molar-refractivity contribution is 5.88. The number of hydrogen-bond acceptors (Lipinski definition) is 3. The van der Waals surface area contributed by atoms with Gasteiger partial charge in [0.15, 0.2) is 0 Å². The molecule has 1 atom stereocenters. The fourth-order valence-electron chi connectivity index (χ4n) is 2.76. The van der Waals surface area contributed by atoms with Gasteiger partial charge in [-0.15, -0.1) is 0 Å². The SMILES string of the molecule is Cn1nc(CN2C(=O)CCC2C(=O)O)c2ccccc21. The van der Waals surface area contributed by atoms with Crippen molar-refractivity contribution in [3.05, 3.63) is 30.0 Å². The van der Waals surface area contributed by atoms with Crippen LogP contribution in [0.3, 0.4) is 0 Å². The summed E-state index contributed by atoms with van der Waals surface area (Å²) in [6.07, 6.45) is 0.667. The number of amides is 1. The minimum Gasteiger partial charge on any atom is -0.480 e. The molecule has 6 heteroatoms. The van der Waals surface area contributed by atoms with E-state index in [4.69, 9.17) is 0 Å². The zero-order valence-corrected chi connectivity index (χ0v) is 11.1. The Morgan fingerprint density at radius 3 is 2.95 bits per heavy atom. The van der Waals surface area contributed by atoms with Gasteiger partial charge in [0.05, 0.1) is 17.8 Å². The van der Waals surface area contributed by atoms with Crippen molar-refractivity contribution in [3.63, 3.8) is 0 Å². The summed E-state index contributed by atoms with van der Waals surface area (Å²) in [6.45, 7) is 0.247. The predicted molar refractivity (Wildman–Crippen MR) is 71.9 cm³/mol. The highest BCUT2D eigenvalue weighted by Gasteiger charge is 2.36. The molecule has 6 nitrogen and oxygen atoms in total. The van der Waals surface area contributed by atoms with Crippen molar-refractivity contribution in [2.75, 3.05) is 0 Å². The van der Waals surface area contributed by atoms with Gasteiger partial charge in [-0.1, -0.05) is 18.2 Å². The molecule has 1 fully saturated rings. The van der Waals surface area contributed by atoms with E-state index < -0.39 is 12.0 Å². The number of aryl methyl sites for hydroxylation is 1. The van der Waals surface area contributed by atoms with Crippen LogP contribution in [-0.2, 0) is 23.2 Å². The highest BCUT2D eigenvalue weighted by atomic mass is 16.4. The summed E-state index contributed by atoms with van der Waals surface area (Å²) in [5.41, 5.74) is 1.71. The fourth-order valence-corrected chi connectivity index (χ4v) is 2.76. The van der Waals surface area contributed by atoms with E-state index in [1.54, 1.807) is 4.68 Å². The van der Waals surface area contributed by atoms with Gasteiger partial charge in [0, 0.05) is 18.9 Å². The van der Waals surface area contributed by atoms with E-state index >= 15 is 0 Å². The van der Waals surface area contributed by atoms with Gasteiger partial charge in [-0.3, -0.25) is 9.48 Å². The number of carbonyl (C=O) groups excluding carboxylic acids is 1. The van der Waals surface area contributed by atoms with Crippen molar-refractivity contribution in [1.29, 1.82) is 0 Å². The van der Waals surface area contributed by atoms with Crippen LogP contribution in [0, 0.1) is 0 Å². The van der Waals surface area contributed by atoms with Gasteiger partial charge in [-0.25, -0.2) is 4.79 Å². The second-order valence-corrected chi connectivity index (χ2v) is 5.00. The molecule has 0 bridgehead atoms. The highest BCUT2D eigenvalue weighted by Crippen LogP contribution is 2.24. The molecule has 3 rings (SSSR count). The number of carboxylic acids is 1. The standard InChI is InChI=1S/C14H15N3O3/c1-16-11-5-3-2-4-9(11)10(15-16)8-17-12(14(19)20)6-7-13(17)18/h2-5,12H,6-8H2,1H3,(H,19,20). The number of para-hydroxylation sites is 1. The minimum atomic E-state index is -0.948. The normalized spacial score (nSPS) is 18.9. The first-order valence-corrected chi connectivity index (χ1v) is 6.51. The maximum atomic E-state index is 11.9. The Kier molecular flexibility index (Phi) is 2.93. The zero-order chi connectivity index (χ0) is 14.3. The van der Waals surface area contributed by atoms with Crippen LogP contribution >= 0.6 is 0 Å². The van der Waals surface area contributed by atoms with Gasteiger partial charge in [-0.05, 0) is 12.5 Å². The topological polar surface area (TPSA) is 75.4 Å². The number of nitrogens with zero attached hydrogens (tertiary/aromatic N) is 3. The summed E-state index contributed by atoms with van der Waals surface area (Å²) in [4.78, 5) is 24.5. The van der Waals surface area contributed by atoms with Crippen LogP contribution in [0.15, 0.2) is 24.3 Å². The Morgan fingerprint density at radius 2 is 2.20 bits per heavy atom.